The largest absolute Gasteiger partial charge is 0.328 e. The number of pyridine rings is 1. The second-order valence-electron chi connectivity index (χ2n) is 5.51. The summed E-state index contributed by atoms with van der Waals surface area (Å²) in [5.74, 6) is 0.694. The van der Waals surface area contributed by atoms with Gasteiger partial charge in [-0.15, -0.1) is 0 Å². The average molecular weight is 231 g/mol. The zero-order valence-electron chi connectivity index (χ0n) is 10.2. The third-order valence-electron chi connectivity index (χ3n) is 4.12. The van der Waals surface area contributed by atoms with Crippen molar-refractivity contribution in [2.24, 2.45) is 5.73 Å². The first-order chi connectivity index (χ1) is 8.33. The fourth-order valence-electron chi connectivity index (χ4n) is 2.93. The first kappa shape index (κ1) is 11.2. The molecule has 0 aromatic carbocycles. The van der Waals surface area contributed by atoms with Crippen molar-refractivity contribution in [3.63, 3.8) is 0 Å². The molecule has 0 spiro atoms. The number of hydrogen-bond donors (Lipinski definition) is 2. The van der Waals surface area contributed by atoms with E-state index in [9.17, 15) is 0 Å². The zero-order chi connectivity index (χ0) is 11.7. The van der Waals surface area contributed by atoms with Gasteiger partial charge >= 0.3 is 0 Å². The van der Waals surface area contributed by atoms with Gasteiger partial charge < -0.3 is 11.1 Å². The van der Waals surface area contributed by atoms with Crippen molar-refractivity contribution in [2.45, 2.75) is 56.1 Å². The quantitative estimate of drug-likeness (QED) is 0.834. The van der Waals surface area contributed by atoms with E-state index < -0.39 is 0 Å². The highest BCUT2D eigenvalue weighted by molar-refractivity contribution is 5.24. The summed E-state index contributed by atoms with van der Waals surface area (Å²) in [6, 6.07) is 6.04. The Morgan fingerprint density at radius 1 is 1.24 bits per heavy atom. The summed E-state index contributed by atoms with van der Waals surface area (Å²) in [7, 11) is 0. The van der Waals surface area contributed by atoms with Gasteiger partial charge in [0.2, 0.25) is 0 Å². The highest BCUT2D eigenvalue weighted by Crippen LogP contribution is 2.41. The molecule has 2 aliphatic rings. The van der Waals surface area contributed by atoms with Crippen LogP contribution < -0.4 is 11.1 Å². The molecule has 3 heteroatoms. The predicted octanol–water partition coefficient (Wildman–Crippen LogP) is 1.80. The van der Waals surface area contributed by atoms with Crippen molar-refractivity contribution in [3.05, 3.63) is 30.1 Å². The van der Waals surface area contributed by atoms with E-state index in [2.05, 4.69) is 16.4 Å². The zero-order valence-corrected chi connectivity index (χ0v) is 10.2. The molecule has 2 atom stereocenters. The van der Waals surface area contributed by atoms with Crippen molar-refractivity contribution in [1.29, 1.82) is 0 Å². The third-order valence-corrected chi connectivity index (χ3v) is 4.12. The molecule has 1 aromatic rings. The summed E-state index contributed by atoms with van der Waals surface area (Å²) < 4.78 is 0. The van der Waals surface area contributed by atoms with Gasteiger partial charge in [-0.3, -0.25) is 4.98 Å². The van der Waals surface area contributed by atoms with Gasteiger partial charge in [-0.1, -0.05) is 6.07 Å². The van der Waals surface area contributed by atoms with Crippen LogP contribution in [0.15, 0.2) is 24.5 Å². The topological polar surface area (TPSA) is 50.9 Å². The highest BCUT2D eigenvalue weighted by Gasteiger charge is 2.39. The molecule has 0 bridgehead atoms. The average Bonchev–Trinajstić information content (AvgIpc) is 3.13. The lowest BCUT2D eigenvalue weighted by Gasteiger charge is -2.27. The Morgan fingerprint density at radius 3 is 2.76 bits per heavy atom. The molecule has 92 valence electrons. The second-order valence-corrected chi connectivity index (χ2v) is 5.51. The minimum absolute atomic E-state index is 0.446. The van der Waals surface area contributed by atoms with Crippen molar-refractivity contribution in [1.82, 2.24) is 10.3 Å². The molecule has 1 aromatic heterocycles. The van der Waals surface area contributed by atoms with Gasteiger partial charge in [0.05, 0.1) is 0 Å². The van der Waals surface area contributed by atoms with Gasteiger partial charge in [0, 0.05) is 36.4 Å². The standard InChI is InChI=1S/C14H21N3/c15-11-3-5-12(6-4-11)17-14-8-13(14)10-2-1-7-16-9-10/h1-2,7,9,11-14,17H,3-6,8,15H2/t11-,12+,13-,14+/m0/s1. The Morgan fingerprint density at radius 2 is 2.06 bits per heavy atom. The fourth-order valence-corrected chi connectivity index (χ4v) is 2.93. The Hall–Kier alpha value is -0.930. The highest BCUT2D eigenvalue weighted by atomic mass is 15.0. The number of hydrogen-bond acceptors (Lipinski definition) is 3. The van der Waals surface area contributed by atoms with Crippen molar-refractivity contribution in [2.75, 3.05) is 0 Å². The van der Waals surface area contributed by atoms with Crippen molar-refractivity contribution in [3.8, 4) is 0 Å². The van der Waals surface area contributed by atoms with Crippen LogP contribution in [0.3, 0.4) is 0 Å². The van der Waals surface area contributed by atoms with Crippen LogP contribution in [-0.4, -0.2) is 23.1 Å². The van der Waals surface area contributed by atoms with E-state index in [0.29, 0.717) is 24.0 Å². The molecule has 2 aliphatic carbocycles. The van der Waals surface area contributed by atoms with Crippen LogP contribution in [0.5, 0.6) is 0 Å². The van der Waals surface area contributed by atoms with Crippen LogP contribution in [0.2, 0.25) is 0 Å². The third kappa shape index (κ3) is 2.67. The van der Waals surface area contributed by atoms with E-state index in [1.165, 1.54) is 37.7 Å². The molecule has 17 heavy (non-hydrogen) atoms. The maximum atomic E-state index is 5.93. The van der Waals surface area contributed by atoms with Crippen molar-refractivity contribution >= 4 is 0 Å². The molecule has 0 saturated heterocycles. The van der Waals surface area contributed by atoms with Gasteiger partial charge in [0.25, 0.3) is 0 Å². The smallest absolute Gasteiger partial charge is 0.0303 e. The summed E-state index contributed by atoms with van der Waals surface area (Å²) in [4.78, 5) is 4.19. The molecule has 2 fully saturated rings. The van der Waals surface area contributed by atoms with E-state index >= 15 is 0 Å². The van der Waals surface area contributed by atoms with E-state index in [0.717, 1.165) is 0 Å². The Kier molecular flexibility index (Phi) is 3.12. The van der Waals surface area contributed by atoms with Gasteiger partial charge in [-0.25, -0.2) is 0 Å². The number of nitrogens with two attached hydrogens (primary N) is 1. The Bertz CT molecular complexity index is 357. The van der Waals surface area contributed by atoms with Gasteiger partial charge in [-0.2, -0.15) is 0 Å². The Balaban J connectivity index is 1.49. The van der Waals surface area contributed by atoms with Crippen LogP contribution in [0.25, 0.3) is 0 Å². The fraction of sp³-hybridized carbons (Fsp3) is 0.643. The number of nitrogens with zero attached hydrogens (tertiary/aromatic N) is 1. The van der Waals surface area contributed by atoms with Crippen LogP contribution >= 0.6 is 0 Å². The predicted molar refractivity (Wildman–Crippen MR) is 68.8 cm³/mol. The van der Waals surface area contributed by atoms with E-state index in [1.807, 2.05) is 18.5 Å². The molecule has 0 unspecified atom stereocenters. The molecule has 3 nitrogen and oxygen atoms in total. The summed E-state index contributed by atoms with van der Waals surface area (Å²) in [6.45, 7) is 0. The molecule has 0 aliphatic heterocycles. The summed E-state index contributed by atoms with van der Waals surface area (Å²) >= 11 is 0. The lowest BCUT2D eigenvalue weighted by molar-refractivity contribution is 0.339. The van der Waals surface area contributed by atoms with Gasteiger partial charge in [-0.05, 0) is 43.7 Å². The normalized spacial score (nSPS) is 36.8. The first-order valence-electron chi connectivity index (χ1n) is 6.74. The minimum Gasteiger partial charge on any atom is -0.328 e. The lowest BCUT2D eigenvalue weighted by atomic mass is 9.92. The van der Waals surface area contributed by atoms with Crippen molar-refractivity contribution < 1.29 is 0 Å². The van der Waals surface area contributed by atoms with E-state index in [-0.39, 0.29) is 0 Å². The maximum Gasteiger partial charge on any atom is 0.0303 e. The molecule has 2 saturated carbocycles. The van der Waals surface area contributed by atoms with Gasteiger partial charge in [0.15, 0.2) is 0 Å². The van der Waals surface area contributed by atoms with Gasteiger partial charge in [0.1, 0.15) is 0 Å². The van der Waals surface area contributed by atoms with E-state index in [4.69, 9.17) is 5.73 Å². The Labute approximate surface area is 103 Å². The van der Waals surface area contributed by atoms with Crippen LogP contribution in [-0.2, 0) is 0 Å². The lowest BCUT2D eigenvalue weighted by Crippen LogP contribution is -2.38. The van der Waals surface area contributed by atoms with Crippen LogP contribution in [0, 0.1) is 0 Å². The molecular weight excluding hydrogens is 210 g/mol. The van der Waals surface area contributed by atoms with E-state index in [1.54, 1.807) is 0 Å². The summed E-state index contributed by atoms with van der Waals surface area (Å²) in [5, 5.41) is 3.78. The molecule has 0 amide bonds. The minimum atomic E-state index is 0.446. The maximum absolute atomic E-state index is 5.93. The summed E-state index contributed by atoms with van der Waals surface area (Å²) in [6.07, 6.45) is 9.98. The number of nitrogens with one attached hydrogen (secondary N) is 1. The first-order valence-corrected chi connectivity index (χ1v) is 6.74. The second kappa shape index (κ2) is 4.75. The molecule has 3 N–H and O–H groups in total. The molecule has 0 radical (unpaired) electrons. The number of aromatic nitrogens is 1. The molecule has 3 rings (SSSR count). The number of rotatable bonds is 3. The summed E-state index contributed by atoms with van der Waals surface area (Å²) in [5.41, 5.74) is 7.31. The monoisotopic (exact) mass is 231 g/mol. The van der Waals surface area contributed by atoms with Crippen LogP contribution in [0.4, 0.5) is 0 Å². The molecule has 1 heterocycles. The molecular formula is C14H21N3. The SMILES string of the molecule is N[C@H]1CC[C@@H](N[C@@H]2C[C@H]2c2cccnc2)CC1. The van der Waals surface area contributed by atoms with Crippen LogP contribution in [0.1, 0.15) is 43.6 Å².